The molecule has 0 spiro atoms. The fourth-order valence-corrected chi connectivity index (χ4v) is 5.58. The summed E-state index contributed by atoms with van der Waals surface area (Å²) in [6.45, 7) is -1.05. The number of phosphoric ester groups is 1. The average Bonchev–Trinajstić information content (AvgIpc) is 2.91. The first-order chi connectivity index (χ1) is 15.1. The molecule has 0 amide bonds. The lowest BCUT2D eigenvalue weighted by Gasteiger charge is -2.19. The molecule has 1 aliphatic heterocycles. The van der Waals surface area contributed by atoms with Crippen molar-refractivity contribution in [2.75, 3.05) is 12.3 Å². The van der Waals surface area contributed by atoms with E-state index in [0.717, 1.165) is 10.8 Å². The van der Waals surface area contributed by atoms with Crippen LogP contribution in [0.3, 0.4) is 0 Å². The van der Waals surface area contributed by atoms with Crippen molar-refractivity contribution in [3.05, 3.63) is 22.2 Å². The second-order valence-electron chi connectivity index (χ2n) is 6.27. The molecule has 18 nitrogen and oxygen atoms in total. The zero-order valence-electron chi connectivity index (χ0n) is 16.1. The van der Waals surface area contributed by atoms with E-state index in [4.69, 9.17) is 30.9 Å². The van der Waals surface area contributed by atoms with Crippen LogP contribution in [0, 0.1) is 12.0 Å². The van der Waals surface area contributed by atoms with Gasteiger partial charge in [-0.2, -0.15) is 13.6 Å². The highest BCUT2D eigenvalue weighted by Crippen LogP contribution is 2.66. The summed E-state index contributed by atoms with van der Waals surface area (Å²) < 4.78 is 51.2. The van der Waals surface area contributed by atoms with Gasteiger partial charge in [0.15, 0.2) is 6.23 Å². The van der Waals surface area contributed by atoms with Gasteiger partial charge >= 0.3 is 29.2 Å². The van der Waals surface area contributed by atoms with E-state index in [1.165, 1.54) is 0 Å². The highest BCUT2D eigenvalue weighted by Gasteiger charge is 2.46. The van der Waals surface area contributed by atoms with Gasteiger partial charge in [0.2, 0.25) is 0 Å². The van der Waals surface area contributed by atoms with Crippen LogP contribution in [0.25, 0.3) is 0 Å². The molecule has 0 saturated carbocycles. The minimum absolute atomic E-state index is 0.0174. The topological polar surface area (TPSA) is 296 Å². The Balaban J connectivity index is 2.14. The third-order valence-electron chi connectivity index (χ3n) is 3.87. The van der Waals surface area contributed by atoms with Crippen molar-refractivity contribution in [1.82, 2.24) is 9.55 Å². The summed E-state index contributed by atoms with van der Waals surface area (Å²) in [6, 6.07) is 2.12. The van der Waals surface area contributed by atoms with Crippen molar-refractivity contribution in [2.24, 2.45) is 5.73 Å². The Hall–Kier alpha value is -1.67. The van der Waals surface area contributed by atoms with Crippen molar-refractivity contribution in [3.63, 3.8) is 0 Å². The standard InChI is InChI=1S/C12H19N4O14P3/c13-3-1-2-6-4-16(12(19)15-10(6)14)11-9(18)8(17)7(28-11)5-27-32(23,24)30-33(25,26)29-31(20,21)22/h4,7-9,11,17-18H,2,5,13H2,(H,23,24)(H,25,26)(H2,14,15,19)(H2,20,21,22)/t7-,8-,9-,11-/m1/s1. The zero-order valence-corrected chi connectivity index (χ0v) is 18.8. The summed E-state index contributed by atoms with van der Waals surface area (Å²) in [5.41, 5.74) is 9.94. The largest absolute Gasteiger partial charge is 0.490 e. The van der Waals surface area contributed by atoms with Crippen LogP contribution >= 0.6 is 23.5 Å². The molecule has 2 rings (SSSR count). The van der Waals surface area contributed by atoms with Crippen molar-refractivity contribution in [2.45, 2.75) is 31.0 Å². The third kappa shape index (κ3) is 7.67. The average molecular weight is 536 g/mol. The normalized spacial score (nSPS) is 26.7. The molecular formula is C12H19N4O14P3. The molecule has 0 aromatic carbocycles. The van der Waals surface area contributed by atoms with E-state index in [1.54, 1.807) is 0 Å². The summed E-state index contributed by atoms with van der Waals surface area (Å²) in [5, 5.41) is 20.4. The van der Waals surface area contributed by atoms with Crippen molar-refractivity contribution in [1.29, 1.82) is 0 Å². The second kappa shape index (κ2) is 10.3. The van der Waals surface area contributed by atoms with Gasteiger partial charge in [0.05, 0.1) is 6.61 Å². The van der Waals surface area contributed by atoms with Crippen LogP contribution < -0.4 is 17.2 Å². The number of nitrogen functional groups attached to an aromatic ring is 1. The molecule has 186 valence electrons. The Morgan fingerprint density at radius 3 is 2.33 bits per heavy atom. The van der Waals surface area contributed by atoms with Crippen LogP contribution in [0.2, 0.25) is 0 Å². The Morgan fingerprint density at radius 1 is 1.12 bits per heavy atom. The molecule has 6 atom stereocenters. The number of phosphoric acid groups is 3. The van der Waals surface area contributed by atoms with E-state index in [2.05, 4.69) is 30.1 Å². The number of aromatic nitrogens is 2. The number of ether oxygens (including phenoxy) is 1. The van der Waals surface area contributed by atoms with Gasteiger partial charge in [-0.3, -0.25) is 9.09 Å². The molecule has 1 saturated heterocycles. The number of rotatable bonds is 9. The lowest BCUT2D eigenvalue weighted by atomic mass is 10.1. The Labute approximate surface area is 184 Å². The van der Waals surface area contributed by atoms with Crippen LogP contribution in [-0.2, 0) is 38.0 Å². The molecule has 1 aromatic heterocycles. The first-order valence-electron chi connectivity index (χ1n) is 8.41. The molecule has 21 heteroatoms. The molecule has 0 aliphatic carbocycles. The maximum atomic E-state index is 12.2. The molecule has 1 aliphatic rings. The van der Waals surface area contributed by atoms with Gasteiger partial charge in [0.25, 0.3) is 0 Å². The second-order valence-corrected chi connectivity index (χ2v) is 10.7. The number of nitrogens with zero attached hydrogens (tertiary/aromatic N) is 2. The summed E-state index contributed by atoms with van der Waals surface area (Å²) in [5.74, 6) is 2.32. The van der Waals surface area contributed by atoms with Gasteiger partial charge in [-0.1, -0.05) is 5.92 Å². The Kier molecular flexibility index (Phi) is 8.61. The van der Waals surface area contributed by atoms with Gasteiger partial charge in [-0.05, 0) is 0 Å². The molecule has 1 aromatic rings. The summed E-state index contributed by atoms with van der Waals surface area (Å²) in [7, 11) is -16.8. The van der Waals surface area contributed by atoms with Gasteiger partial charge < -0.3 is 46.0 Å². The van der Waals surface area contributed by atoms with E-state index in [0.29, 0.717) is 0 Å². The Bertz CT molecular complexity index is 1140. The summed E-state index contributed by atoms with van der Waals surface area (Å²) in [6.07, 6.45) is -5.63. The van der Waals surface area contributed by atoms with Crippen LogP contribution in [-0.4, -0.2) is 64.3 Å². The maximum absolute atomic E-state index is 12.2. The van der Waals surface area contributed by atoms with E-state index in [1.807, 2.05) is 0 Å². The van der Waals surface area contributed by atoms with Crippen molar-refractivity contribution in [3.8, 4) is 12.0 Å². The van der Waals surface area contributed by atoms with Crippen LogP contribution in [0.4, 0.5) is 5.82 Å². The Morgan fingerprint density at radius 2 is 1.76 bits per heavy atom. The first-order valence-corrected chi connectivity index (χ1v) is 12.9. The van der Waals surface area contributed by atoms with Crippen molar-refractivity contribution < 1.29 is 61.4 Å². The molecule has 0 bridgehead atoms. The van der Waals surface area contributed by atoms with Crippen molar-refractivity contribution >= 4 is 29.3 Å². The van der Waals surface area contributed by atoms with Crippen LogP contribution in [0.5, 0.6) is 0 Å². The van der Waals surface area contributed by atoms with E-state index < -0.39 is 60.3 Å². The lowest BCUT2D eigenvalue weighted by molar-refractivity contribution is -0.0542. The minimum Gasteiger partial charge on any atom is -0.387 e. The SMILES string of the molecule is NC#CCc1cn([C@@H]2O[C@H](COP(=O)(O)OP(=O)(O)OP(=O)(O)O)[C@@H](O)[C@H]2O)c(=O)nc1N. The molecule has 33 heavy (non-hydrogen) atoms. The number of aliphatic hydroxyl groups excluding tert-OH is 2. The molecule has 10 N–H and O–H groups in total. The lowest BCUT2D eigenvalue weighted by Crippen LogP contribution is -2.36. The van der Waals surface area contributed by atoms with E-state index in [9.17, 15) is 33.6 Å². The minimum atomic E-state index is -5.75. The third-order valence-corrected chi connectivity index (χ3v) is 7.67. The predicted octanol–water partition coefficient (Wildman–Crippen LogP) is -2.75. The number of nitrogens with two attached hydrogens (primary N) is 2. The van der Waals surface area contributed by atoms with E-state index in [-0.39, 0.29) is 17.8 Å². The van der Waals surface area contributed by atoms with Gasteiger partial charge in [0, 0.05) is 24.2 Å². The molecule has 0 radical (unpaired) electrons. The zero-order chi connectivity index (χ0) is 25.2. The monoisotopic (exact) mass is 536 g/mol. The van der Waals surface area contributed by atoms with Crippen LogP contribution in [0.15, 0.2) is 11.0 Å². The van der Waals surface area contributed by atoms with E-state index >= 15 is 0 Å². The summed E-state index contributed by atoms with van der Waals surface area (Å²) >= 11 is 0. The fraction of sp³-hybridized carbons (Fsp3) is 0.500. The van der Waals surface area contributed by atoms with Gasteiger partial charge in [-0.25, -0.2) is 18.5 Å². The molecule has 2 unspecified atom stereocenters. The smallest absolute Gasteiger partial charge is 0.387 e. The van der Waals surface area contributed by atoms with Gasteiger partial charge in [-0.15, -0.1) is 0 Å². The predicted molar refractivity (Wildman–Crippen MR) is 104 cm³/mol. The number of aliphatic hydroxyl groups is 2. The highest BCUT2D eigenvalue weighted by atomic mass is 31.3. The molecule has 2 heterocycles. The molecular weight excluding hydrogens is 517 g/mol. The number of anilines is 1. The number of hydrogen-bond donors (Lipinski definition) is 8. The highest BCUT2D eigenvalue weighted by molar-refractivity contribution is 7.66. The fourth-order valence-electron chi connectivity index (χ4n) is 2.55. The van der Waals surface area contributed by atoms with Crippen LogP contribution in [0.1, 0.15) is 11.8 Å². The quantitative estimate of drug-likeness (QED) is 0.0901. The molecule has 1 fully saturated rings. The maximum Gasteiger partial charge on any atom is 0.490 e. The summed E-state index contributed by atoms with van der Waals surface area (Å²) in [4.78, 5) is 51.3. The first kappa shape index (κ1) is 27.6. The van der Waals surface area contributed by atoms with Gasteiger partial charge in [0.1, 0.15) is 24.1 Å². The number of hydrogen-bond acceptors (Lipinski definition) is 13.